The molecule has 7 saturated heterocycles. The monoisotopic (exact) mass is 712 g/mol. The Morgan fingerprint density at radius 2 is 1.36 bits per heavy atom. The Kier molecular flexibility index (Phi) is 6.11. The molecular formula is C31H32N6O6S4. The lowest BCUT2D eigenvalue weighted by atomic mass is 9.84. The number of hydrogen-bond donors (Lipinski definition) is 3. The summed E-state index contributed by atoms with van der Waals surface area (Å²) in [7, 11) is 10.1. The van der Waals surface area contributed by atoms with Gasteiger partial charge in [-0.05, 0) is 45.7 Å². The number of aliphatic hydroxyl groups is 2. The average Bonchev–Trinajstić information content (AvgIpc) is 3.71. The molecule has 11 rings (SSSR count). The van der Waals surface area contributed by atoms with Gasteiger partial charge >= 0.3 is 0 Å². The zero-order chi connectivity index (χ0) is 32.9. The molecule has 9 heterocycles. The van der Waals surface area contributed by atoms with Gasteiger partial charge in [-0.15, -0.1) is 0 Å². The largest absolute Gasteiger partial charge is 0.392 e. The maximum Gasteiger partial charge on any atom is 0.265 e. The maximum absolute atomic E-state index is 14.4. The molecule has 16 heteroatoms. The van der Waals surface area contributed by atoms with Crippen molar-refractivity contribution in [2.45, 2.75) is 49.9 Å². The molecular weight excluding hydrogens is 681 g/mol. The second-order valence-corrected chi connectivity index (χ2v) is 18.7. The van der Waals surface area contributed by atoms with E-state index in [0.29, 0.717) is 19.4 Å². The van der Waals surface area contributed by atoms with E-state index in [4.69, 9.17) is 0 Å². The van der Waals surface area contributed by atoms with E-state index < -0.39 is 44.4 Å². The highest BCUT2D eigenvalue weighted by molar-refractivity contribution is 8.78. The number of hydrogen-bond acceptors (Lipinski definition) is 12. The summed E-state index contributed by atoms with van der Waals surface area (Å²) in [6, 6.07) is 16.0. The number of anilines is 2. The topological polar surface area (TPSA) is 137 Å². The van der Waals surface area contributed by atoms with E-state index in [1.54, 1.807) is 26.0 Å². The number of amides is 4. The number of piperazine rings is 2. The number of benzene rings is 2. The van der Waals surface area contributed by atoms with Crippen LogP contribution in [0.3, 0.4) is 0 Å². The van der Waals surface area contributed by atoms with Crippen molar-refractivity contribution in [3.8, 4) is 0 Å². The summed E-state index contributed by atoms with van der Waals surface area (Å²) >= 11 is 0. The predicted molar refractivity (Wildman–Crippen MR) is 182 cm³/mol. The van der Waals surface area contributed by atoms with Gasteiger partial charge in [0.25, 0.3) is 23.6 Å². The SMILES string of the molecule is CN1C(=O)[C@]2(CC3CN([C@]45C[C@@]67SS[C@@](CO)(C(=O)N6C4Nc4ccccc45)N(C)C7=O)c4ccccc43)SS[C@@]1(CO)C(=O)N2C. The summed E-state index contributed by atoms with van der Waals surface area (Å²) in [4.78, 5) is 59.7. The van der Waals surface area contributed by atoms with Gasteiger partial charge in [0.1, 0.15) is 11.7 Å². The van der Waals surface area contributed by atoms with Gasteiger partial charge < -0.3 is 35.1 Å². The van der Waals surface area contributed by atoms with E-state index >= 15 is 0 Å². The molecule has 12 nitrogen and oxygen atoms in total. The smallest absolute Gasteiger partial charge is 0.265 e. The van der Waals surface area contributed by atoms with Crippen LogP contribution in [0.5, 0.6) is 0 Å². The van der Waals surface area contributed by atoms with Crippen LogP contribution in [0, 0.1) is 0 Å². The Bertz CT molecular complexity index is 1820. The molecule has 47 heavy (non-hydrogen) atoms. The van der Waals surface area contributed by atoms with Crippen molar-refractivity contribution < 1.29 is 29.4 Å². The van der Waals surface area contributed by atoms with Crippen molar-refractivity contribution in [3.63, 3.8) is 0 Å². The molecule has 7 atom stereocenters. The molecule has 4 bridgehead atoms. The zero-order valence-electron chi connectivity index (χ0n) is 25.7. The summed E-state index contributed by atoms with van der Waals surface area (Å²) in [6.07, 6.45) is 0.0543. The molecule has 0 saturated carbocycles. The highest BCUT2D eigenvalue weighted by atomic mass is 33.1. The minimum atomic E-state index is -1.41. The quantitative estimate of drug-likeness (QED) is 0.391. The Morgan fingerprint density at radius 1 is 0.766 bits per heavy atom. The van der Waals surface area contributed by atoms with Crippen LogP contribution < -0.4 is 10.2 Å². The van der Waals surface area contributed by atoms with Gasteiger partial charge in [-0.1, -0.05) is 58.0 Å². The summed E-state index contributed by atoms with van der Waals surface area (Å²) in [5.74, 6) is -1.18. The van der Waals surface area contributed by atoms with E-state index in [-0.39, 0.29) is 29.5 Å². The van der Waals surface area contributed by atoms with Gasteiger partial charge in [-0.2, -0.15) is 0 Å². The van der Waals surface area contributed by atoms with Gasteiger partial charge in [0.2, 0.25) is 9.74 Å². The fourth-order valence-electron chi connectivity index (χ4n) is 8.97. The summed E-state index contributed by atoms with van der Waals surface area (Å²) in [5, 5.41) is 24.4. The van der Waals surface area contributed by atoms with Crippen molar-refractivity contribution in [2.24, 2.45) is 0 Å². The molecule has 9 aliphatic rings. The summed E-state index contributed by atoms with van der Waals surface area (Å²) < 4.78 is 0. The van der Waals surface area contributed by atoms with Crippen molar-refractivity contribution in [2.75, 3.05) is 51.1 Å². The van der Waals surface area contributed by atoms with Gasteiger partial charge in [-0.3, -0.25) is 24.1 Å². The normalized spacial score (nSPS) is 39.5. The Labute approximate surface area is 286 Å². The predicted octanol–water partition coefficient (Wildman–Crippen LogP) is 1.82. The molecule has 0 aromatic heterocycles. The Balaban J connectivity index is 1.18. The third-order valence-corrected chi connectivity index (χ3v) is 18.9. The van der Waals surface area contributed by atoms with Crippen LogP contribution in [-0.2, 0) is 24.7 Å². The second kappa shape index (κ2) is 9.47. The Morgan fingerprint density at radius 3 is 2.13 bits per heavy atom. The lowest BCUT2D eigenvalue weighted by molar-refractivity contribution is -0.166. The van der Waals surface area contributed by atoms with Crippen molar-refractivity contribution in [3.05, 3.63) is 59.7 Å². The minimum Gasteiger partial charge on any atom is -0.392 e. The highest BCUT2D eigenvalue weighted by Crippen LogP contribution is 2.70. The van der Waals surface area contributed by atoms with Crippen LogP contribution in [0.1, 0.15) is 29.9 Å². The third kappa shape index (κ3) is 3.17. The number of likely N-dealkylation sites (N-methyl/N-ethyl adjacent to an activating group) is 3. The van der Waals surface area contributed by atoms with Gasteiger partial charge in [-0.25, -0.2) is 0 Å². The highest BCUT2D eigenvalue weighted by Gasteiger charge is 2.79. The molecule has 0 aliphatic carbocycles. The van der Waals surface area contributed by atoms with Gasteiger partial charge in [0.05, 0.1) is 13.2 Å². The number of carbonyl (C=O) groups excluding carboxylic acids is 4. The maximum atomic E-state index is 14.4. The molecule has 2 aromatic rings. The molecule has 246 valence electrons. The number of para-hydroxylation sites is 2. The molecule has 3 N–H and O–H groups in total. The first-order valence-electron chi connectivity index (χ1n) is 15.4. The number of rotatable bonds is 5. The van der Waals surface area contributed by atoms with E-state index in [2.05, 4.69) is 28.4 Å². The van der Waals surface area contributed by atoms with Gasteiger partial charge in [0.15, 0.2) is 9.74 Å². The van der Waals surface area contributed by atoms with E-state index in [9.17, 15) is 29.4 Å². The molecule has 9 aliphatic heterocycles. The lowest BCUT2D eigenvalue weighted by Crippen LogP contribution is -2.77. The molecule has 2 unspecified atom stereocenters. The van der Waals surface area contributed by atoms with E-state index in [0.717, 1.165) is 22.5 Å². The first-order chi connectivity index (χ1) is 22.5. The first kappa shape index (κ1) is 30.3. The van der Waals surface area contributed by atoms with E-state index in [1.165, 1.54) is 57.9 Å². The fraction of sp³-hybridized carbons (Fsp3) is 0.484. The fourth-order valence-corrected chi connectivity index (χ4v) is 16.3. The summed E-state index contributed by atoms with van der Waals surface area (Å²) in [6.45, 7) is -0.487. The average molecular weight is 713 g/mol. The first-order valence-corrected chi connectivity index (χ1v) is 19.7. The lowest BCUT2D eigenvalue weighted by Gasteiger charge is -2.59. The third-order valence-electron chi connectivity index (χ3n) is 11.5. The number of aliphatic hydroxyl groups excluding tert-OH is 2. The molecule has 4 amide bonds. The molecule has 0 radical (unpaired) electrons. The standard InChI is InChI=1S/C31H32N6O6S4/c1-33-25(42)30(15-38)34(2)23(40)28(33,44-46-30)12-17-13-36(21-11-7-4-8-18(17)21)27-14-29-24(41)35(3)31(16-39,47-45-29)26(43)37(29)22(27)32-20-10-6-5-9-19(20)27/h4-11,17,22,32,38-39H,12-16H2,1-3H3/t17?,22?,27-,28-,29-,30-,31-/m0/s1. The van der Waals surface area contributed by atoms with Crippen molar-refractivity contribution in [1.29, 1.82) is 0 Å². The number of carbonyl (C=O) groups is 4. The number of fused-ring (bicyclic) bond motifs is 9. The summed E-state index contributed by atoms with van der Waals surface area (Å²) in [5.41, 5.74) is 2.99. The van der Waals surface area contributed by atoms with Gasteiger partial charge in [0, 0.05) is 57.0 Å². The van der Waals surface area contributed by atoms with Crippen LogP contribution in [-0.4, -0.2) is 120 Å². The molecule has 7 fully saturated rings. The van der Waals surface area contributed by atoms with Crippen LogP contribution in [0.2, 0.25) is 0 Å². The van der Waals surface area contributed by atoms with E-state index in [1.807, 2.05) is 30.3 Å². The molecule has 1 spiro atoms. The van der Waals surface area contributed by atoms with Crippen LogP contribution in [0.25, 0.3) is 0 Å². The van der Waals surface area contributed by atoms with Crippen LogP contribution in [0.4, 0.5) is 11.4 Å². The zero-order valence-corrected chi connectivity index (χ0v) is 29.0. The number of nitrogens with zero attached hydrogens (tertiary/aromatic N) is 5. The number of nitrogens with one attached hydrogen (secondary N) is 1. The minimum absolute atomic E-state index is 0.180. The Hall–Kier alpha value is -2.76. The molecule has 2 aromatic carbocycles. The van der Waals surface area contributed by atoms with Crippen LogP contribution in [0.15, 0.2) is 48.5 Å². The second-order valence-electron chi connectivity index (χ2n) is 13.3. The van der Waals surface area contributed by atoms with Crippen molar-refractivity contribution in [1.82, 2.24) is 19.6 Å². The van der Waals surface area contributed by atoms with Crippen molar-refractivity contribution >= 4 is 78.2 Å². The van der Waals surface area contributed by atoms with Crippen LogP contribution >= 0.6 is 43.2 Å².